The lowest BCUT2D eigenvalue weighted by Crippen LogP contribution is -2.33. The molecule has 1 aliphatic heterocycles. The van der Waals surface area contributed by atoms with E-state index in [1.165, 1.54) is 35.4 Å². The van der Waals surface area contributed by atoms with Crippen LogP contribution in [0.5, 0.6) is 0 Å². The lowest BCUT2D eigenvalue weighted by molar-refractivity contribution is -0.0511. The van der Waals surface area contributed by atoms with Crippen molar-refractivity contribution in [3.05, 3.63) is 42.5 Å². The van der Waals surface area contributed by atoms with Crippen molar-refractivity contribution in [2.75, 3.05) is 11.9 Å². The van der Waals surface area contributed by atoms with Crippen molar-refractivity contribution in [2.24, 2.45) is 0 Å². The van der Waals surface area contributed by atoms with E-state index >= 15 is 0 Å². The van der Waals surface area contributed by atoms with Crippen LogP contribution >= 0.6 is 11.8 Å². The van der Waals surface area contributed by atoms with E-state index in [1.807, 2.05) is 0 Å². The van der Waals surface area contributed by atoms with Crippen molar-refractivity contribution < 1.29 is 33.2 Å². The summed E-state index contributed by atoms with van der Waals surface area (Å²) in [6.07, 6.45) is -1.89. The summed E-state index contributed by atoms with van der Waals surface area (Å²) in [5.74, 6) is 0.337. The summed E-state index contributed by atoms with van der Waals surface area (Å²) in [5, 5.41) is 32.5. The molecule has 1 unspecified atom stereocenters. The van der Waals surface area contributed by atoms with Gasteiger partial charge in [0.1, 0.15) is 24.6 Å². The Labute approximate surface area is 177 Å². The number of halogens is 3. The Morgan fingerprint density at radius 3 is 2.68 bits per heavy atom. The number of aliphatic hydroxyl groups excluding tert-OH is 3. The molecule has 1 fully saturated rings. The Bertz CT molecular complexity index is 1070. The third kappa shape index (κ3) is 4.60. The quantitative estimate of drug-likeness (QED) is 0.409. The topological polar surface area (TPSA) is 126 Å². The van der Waals surface area contributed by atoms with E-state index in [0.717, 1.165) is 0 Å². The van der Waals surface area contributed by atoms with Crippen molar-refractivity contribution in [1.82, 2.24) is 19.5 Å². The fourth-order valence-electron chi connectivity index (χ4n) is 3.32. The normalized spacial score (nSPS) is 24.1. The number of nitrogens with zero attached hydrogens (tertiary/aromatic N) is 4. The number of alkyl halides is 3. The molecular weight excluding hydrogens is 439 g/mol. The smallest absolute Gasteiger partial charge is 0.394 e. The Morgan fingerprint density at radius 2 is 1.97 bits per heavy atom. The highest BCUT2D eigenvalue weighted by Gasteiger charge is 2.44. The molecular formula is C18H18F3N5O4S. The Balaban J connectivity index is 1.54. The second-order valence-electron chi connectivity index (χ2n) is 6.82. The van der Waals surface area contributed by atoms with E-state index in [-0.39, 0.29) is 23.2 Å². The first kappa shape index (κ1) is 21.8. The first-order valence-corrected chi connectivity index (χ1v) is 9.97. The SMILES string of the molecule is OC[C@H]1OC(n2cnc3c(NCc4cccc(SC(F)(F)F)c4)ncnc32)[C@H](O)[C@@H]1O. The number of ether oxygens (including phenoxy) is 1. The van der Waals surface area contributed by atoms with Gasteiger partial charge in [0.05, 0.1) is 12.9 Å². The molecule has 4 N–H and O–H groups in total. The van der Waals surface area contributed by atoms with E-state index in [4.69, 9.17) is 4.74 Å². The minimum absolute atomic E-state index is 0.0771. The molecule has 0 bridgehead atoms. The molecule has 2 aromatic heterocycles. The summed E-state index contributed by atoms with van der Waals surface area (Å²) in [6.45, 7) is -0.270. The Hall–Kier alpha value is -2.45. The minimum Gasteiger partial charge on any atom is -0.394 e. The molecule has 9 nitrogen and oxygen atoms in total. The average Bonchev–Trinajstić information content (AvgIpc) is 3.27. The standard InChI is InChI=1S/C18H18F3N5O4S/c19-18(20,21)31-10-3-1-2-9(4-10)5-22-15-12-16(24-7-23-15)26(8-25-12)17-14(29)13(28)11(6-27)30-17/h1-4,7-8,11,13-14,17,27-29H,5-6H2,(H,22,23,24)/t11-,13-,14-,17?/m1/s1. The van der Waals surface area contributed by atoms with Gasteiger partial charge in [0, 0.05) is 11.4 Å². The number of aliphatic hydroxyl groups is 3. The van der Waals surface area contributed by atoms with Gasteiger partial charge in [0.15, 0.2) is 23.2 Å². The van der Waals surface area contributed by atoms with Crippen LogP contribution in [0.3, 0.4) is 0 Å². The predicted molar refractivity (Wildman–Crippen MR) is 104 cm³/mol. The van der Waals surface area contributed by atoms with Crippen molar-refractivity contribution in [1.29, 1.82) is 0 Å². The number of rotatable bonds is 6. The van der Waals surface area contributed by atoms with E-state index in [1.54, 1.807) is 6.07 Å². The number of aromatic nitrogens is 4. The molecule has 31 heavy (non-hydrogen) atoms. The molecule has 4 atom stereocenters. The lowest BCUT2D eigenvalue weighted by atomic mass is 10.1. The van der Waals surface area contributed by atoms with Gasteiger partial charge in [0.25, 0.3) is 0 Å². The number of thioether (sulfide) groups is 1. The van der Waals surface area contributed by atoms with Gasteiger partial charge in [-0.2, -0.15) is 13.2 Å². The van der Waals surface area contributed by atoms with Crippen LogP contribution in [0, 0.1) is 0 Å². The molecule has 166 valence electrons. The number of hydrogen-bond donors (Lipinski definition) is 4. The lowest BCUT2D eigenvalue weighted by Gasteiger charge is -2.16. The van der Waals surface area contributed by atoms with Crippen LogP contribution in [-0.2, 0) is 11.3 Å². The van der Waals surface area contributed by atoms with Gasteiger partial charge in [-0.05, 0) is 29.5 Å². The molecule has 0 spiro atoms. The molecule has 0 aliphatic carbocycles. The zero-order chi connectivity index (χ0) is 22.2. The average molecular weight is 457 g/mol. The second-order valence-corrected chi connectivity index (χ2v) is 7.96. The number of anilines is 1. The highest BCUT2D eigenvalue weighted by Crippen LogP contribution is 2.37. The number of hydrogen-bond acceptors (Lipinski definition) is 9. The van der Waals surface area contributed by atoms with Crippen molar-refractivity contribution in [3.8, 4) is 0 Å². The highest BCUT2D eigenvalue weighted by atomic mass is 32.2. The Kier molecular flexibility index (Phi) is 6.03. The van der Waals surface area contributed by atoms with E-state index < -0.39 is 36.7 Å². The maximum atomic E-state index is 12.6. The first-order chi connectivity index (χ1) is 14.8. The molecule has 0 radical (unpaired) electrons. The summed E-state index contributed by atoms with van der Waals surface area (Å²) >= 11 is -0.186. The van der Waals surface area contributed by atoms with Crippen LogP contribution < -0.4 is 5.32 Å². The fourth-order valence-corrected chi connectivity index (χ4v) is 3.94. The fraction of sp³-hybridized carbons (Fsp3) is 0.389. The highest BCUT2D eigenvalue weighted by molar-refractivity contribution is 8.00. The summed E-state index contributed by atoms with van der Waals surface area (Å²) < 4.78 is 44.7. The van der Waals surface area contributed by atoms with Crippen LogP contribution in [0.1, 0.15) is 11.8 Å². The van der Waals surface area contributed by atoms with Crippen LogP contribution in [0.2, 0.25) is 0 Å². The van der Waals surface area contributed by atoms with Gasteiger partial charge in [-0.15, -0.1) is 0 Å². The molecule has 3 heterocycles. The summed E-state index contributed by atoms with van der Waals surface area (Å²) in [5.41, 5.74) is -3.09. The van der Waals surface area contributed by atoms with Gasteiger partial charge >= 0.3 is 5.51 Å². The van der Waals surface area contributed by atoms with Crippen LogP contribution in [-0.4, -0.2) is 65.3 Å². The number of imidazole rings is 1. The maximum absolute atomic E-state index is 12.6. The monoisotopic (exact) mass is 457 g/mol. The van der Waals surface area contributed by atoms with Crippen LogP contribution in [0.4, 0.5) is 19.0 Å². The third-order valence-corrected chi connectivity index (χ3v) is 5.46. The molecule has 1 aliphatic rings. The van der Waals surface area contributed by atoms with Crippen molar-refractivity contribution >= 4 is 28.7 Å². The second kappa shape index (κ2) is 8.59. The van der Waals surface area contributed by atoms with Crippen molar-refractivity contribution in [2.45, 2.75) is 41.5 Å². The Morgan fingerprint density at radius 1 is 1.16 bits per heavy atom. The third-order valence-electron chi connectivity index (χ3n) is 4.74. The van der Waals surface area contributed by atoms with Gasteiger partial charge in [-0.1, -0.05) is 12.1 Å². The van der Waals surface area contributed by atoms with Crippen LogP contribution in [0.25, 0.3) is 11.2 Å². The van der Waals surface area contributed by atoms with Gasteiger partial charge < -0.3 is 25.4 Å². The zero-order valence-corrected chi connectivity index (χ0v) is 16.6. The maximum Gasteiger partial charge on any atom is 0.446 e. The predicted octanol–water partition coefficient (Wildman–Crippen LogP) is 1.66. The van der Waals surface area contributed by atoms with Gasteiger partial charge in [-0.3, -0.25) is 4.57 Å². The number of fused-ring (bicyclic) bond motifs is 1. The summed E-state index contributed by atoms with van der Waals surface area (Å²) in [7, 11) is 0. The summed E-state index contributed by atoms with van der Waals surface area (Å²) in [6, 6.07) is 6.04. The number of nitrogens with one attached hydrogen (secondary N) is 1. The van der Waals surface area contributed by atoms with E-state index in [2.05, 4.69) is 20.3 Å². The molecule has 1 aromatic carbocycles. The van der Waals surface area contributed by atoms with E-state index in [0.29, 0.717) is 22.5 Å². The molecule has 0 saturated carbocycles. The molecule has 4 rings (SSSR count). The number of benzene rings is 1. The summed E-state index contributed by atoms with van der Waals surface area (Å²) in [4.78, 5) is 12.6. The van der Waals surface area contributed by atoms with Gasteiger partial charge in [0.2, 0.25) is 0 Å². The molecule has 3 aromatic rings. The zero-order valence-electron chi connectivity index (χ0n) is 15.8. The molecule has 0 amide bonds. The largest absolute Gasteiger partial charge is 0.446 e. The molecule has 1 saturated heterocycles. The van der Waals surface area contributed by atoms with E-state index in [9.17, 15) is 28.5 Å². The van der Waals surface area contributed by atoms with Gasteiger partial charge in [-0.25, -0.2) is 15.0 Å². The molecule has 13 heteroatoms. The van der Waals surface area contributed by atoms with Crippen LogP contribution in [0.15, 0.2) is 41.8 Å². The first-order valence-electron chi connectivity index (χ1n) is 9.15. The van der Waals surface area contributed by atoms with Crippen molar-refractivity contribution in [3.63, 3.8) is 0 Å². The minimum atomic E-state index is -4.37.